The lowest BCUT2D eigenvalue weighted by Crippen LogP contribution is -2.28. The molecule has 1 atom stereocenters. The average Bonchev–Trinajstić information content (AvgIpc) is 2.25. The van der Waals surface area contributed by atoms with Crippen LogP contribution in [0.5, 0.6) is 0 Å². The zero-order valence-corrected chi connectivity index (χ0v) is 8.37. The molecule has 1 N–H and O–H groups in total. The molecule has 0 aliphatic rings. The first-order valence-electron chi connectivity index (χ1n) is 4.74. The van der Waals surface area contributed by atoms with Crippen LogP contribution in [-0.2, 0) is 0 Å². The minimum atomic E-state index is -4.66. The van der Waals surface area contributed by atoms with Crippen LogP contribution in [0.2, 0.25) is 0 Å². The zero-order chi connectivity index (χ0) is 12.2. The van der Waals surface area contributed by atoms with Gasteiger partial charge in [-0.2, -0.15) is 13.2 Å². The zero-order valence-electron chi connectivity index (χ0n) is 8.37. The van der Waals surface area contributed by atoms with E-state index >= 15 is 0 Å². The quantitative estimate of drug-likeness (QED) is 0.810. The second-order valence-corrected chi connectivity index (χ2v) is 3.39. The van der Waals surface area contributed by atoms with Gasteiger partial charge in [0.15, 0.2) is 5.78 Å². The van der Waals surface area contributed by atoms with Crippen molar-refractivity contribution in [3.05, 3.63) is 35.9 Å². The number of carbonyl (C=O) groups is 1. The Bertz CT molecular complexity index is 346. The number of aliphatic hydroxyl groups excluding tert-OH is 1. The number of halogens is 3. The minimum Gasteiger partial charge on any atom is -0.384 e. The van der Waals surface area contributed by atoms with E-state index in [0.717, 1.165) is 0 Å². The maximum absolute atomic E-state index is 11.9. The monoisotopic (exact) mass is 232 g/mol. The van der Waals surface area contributed by atoms with E-state index in [1.165, 1.54) is 12.1 Å². The summed E-state index contributed by atoms with van der Waals surface area (Å²) in [4.78, 5) is 11.4. The third-order valence-electron chi connectivity index (χ3n) is 2.12. The average molecular weight is 232 g/mol. The Balaban J connectivity index is 2.48. The van der Waals surface area contributed by atoms with Crippen LogP contribution in [-0.4, -0.2) is 23.2 Å². The summed E-state index contributed by atoms with van der Waals surface area (Å²) in [6.07, 6.45) is -8.00. The molecule has 5 heteroatoms. The summed E-state index contributed by atoms with van der Waals surface area (Å²) in [6.45, 7) is 0. The van der Waals surface area contributed by atoms with E-state index < -0.39 is 24.5 Å². The SMILES string of the molecule is O=C(CCC(O)C(F)(F)F)c1ccccc1. The molecule has 88 valence electrons. The molecule has 0 amide bonds. The highest BCUT2D eigenvalue weighted by molar-refractivity contribution is 5.95. The van der Waals surface area contributed by atoms with Crippen LogP contribution >= 0.6 is 0 Å². The molecule has 16 heavy (non-hydrogen) atoms. The van der Waals surface area contributed by atoms with Crippen LogP contribution in [0.1, 0.15) is 23.2 Å². The van der Waals surface area contributed by atoms with Gasteiger partial charge >= 0.3 is 6.18 Å². The van der Waals surface area contributed by atoms with Crippen molar-refractivity contribution in [2.45, 2.75) is 25.1 Å². The van der Waals surface area contributed by atoms with E-state index in [0.29, 0.717) is 5.56 Å². The lowest BCUT2D eigenvalue weighted by molar-refractivity contribution is -0.204. The topological polar surface area (TPSA) is 37.3 Å². The number of rotatable bonds is 4. The lowest BCUT2D eigenvalue weighted by Gasteiger charge is -2.13. The number of benzene rings is 1. The number of Topliss-reactive ketones (excluding diaryl/α,β-unsaturated/α-hetero) is 1. The van der Waals surface area contributed by atoms with E-state index in [-0.39, 0.29) is 6.42 Å². The molecule has 2 nitrogen and oxygen atoms in total. The van der Waals surface area contributed by atoms with Crippen LogP contribution in [0.15, 0.2) is 30.3 Å². The maximum atomic E-state index is 11.9. The molecule has 1 unspecified atom stereocenters. The molecule has 0 aliphatic heterocycles. The second-order valence-electron chi connectivity index (χ2n) is 3.39. The summed E-state index contributed by atoms with van der Waals surface area (Å²) in [5, 5.41) is 8.70. The van der Waals surface area contributed by atoms with E-state index in [1.807, 2.05) is 0 Å². The summed E-state index contributed by atoms with van der Waals surface area (Å²) in [5.74, 6) is -0.399. The number of alkyl halides is 3. The molecule has 0 radical (unpaired) electrons. The van der Waals surface area contributed by atoms with Crippen molar-refractivity contribution in [1.82, 2.24) is 0 Å². The van der Waals surface area contributed by atoms with Crippen LogP contribution in [0, 0.1) is 0 Å². The van der Waals surface area contributed by atoms with Crippen LogP contribution < -0.4 is 0 Å². The van der Waals surface area contributed by atoms with Gasteiger partial charge in [-0.1, -0.05) is 30.3 Å². The molecule has 0 spiro atoms. The molecule has 0 aliphatic carbocycles. The van der Waals surface area contributed by atoms with Crippen molar-refractivity contribution >= 4 is 5.78 Å². The van der Waals surface area contributed by atoms with Crippen molar-refractivity contribution in [2.24, 2.45) is 0 Å². The summed E-state index contributed by atoms with van der Waals surface area (Å²) in [5.41, 5.74) is 0.358. The van der Waals surface area contributed by atoms with Gasteiger partial charge in [-0.25, -0.2) is 0 Å². The van der Waals surface area contributed by atoms with Crippen LogP contribution in [0.25, 0.3) is 0 Å². The summed E-state index contributed by atoms with van der Waals surface area (Å²) < 4.78 is 35.8. The molecular formula is C11H11F3O2. The predicted octanol–water partition coefficient (Wildman–Crippen LogP) is 2.57. The molecule has 0 saturated heterocycles. The first-order valence-corrected chi connectivity index (χ1v) is 4.74. The number of ketones is 1. The highest BCUT2D eigenvalue weighted by Crippen LogP contribution is 2.23. The molecule has 0 saturated carbocycles. The first kappa shape index (κ1) is 12.7. The van der Waals surface area contributed by atoms with Gasteiger partial charge in [0.2, 0.25) is 0 Å². The van der Waals surface area contributed by atoms with Gasteiger partial charge in [-0.05, 0) is 6.42 Å². The number of aliphatic hydroxyl groups is 1. The van der Waals surface area contributed by atoms with Gasteiger partial charge in [0.05, 0.1) is 0 Å². The van der Waals surface area contributed by atoms with Crippen molar-refractivity contribution < 1.29 is 23.1 Å². The minimum absolute atomic E-state index is 0.315. The Morgan fingerprint density at radius 3 is 2.31 bits per heavy atom. The fourth-order valence-electron chi connectivity index (χ4n) is 1.20. The van der Waals surface area contributed by atoms with Gasteiger partial charge in [0.25, 0.3) is 0 Å². The van der Waals surface area contributed by atoms with Crippen molar-refractivity contribution in [3.8, 4) is 0 Å². The molecule has 0 bridgehead atoms. The van der Waals surface area contributed by atoms with Gasteiger partial charge in [-0.3, -0.25) is 4.79 Å². The van der Waals surface area contributed by atoms with Gasteiger partial charge < -0.3 is 5.11 Å². The fraction of sp³-hybridized carbons (Fsp3) is 0.364. The normalized spacial score (nSPS) is 13.5. The highest BCUT2D eigenvalue weighted by atomic mass is 19.4. The van der Waals surface area contributed by atoms with Crippen molar-refractivity contribution in [1.29, 1.82) is 0 Å². The number of carbonyl (C=O) groups excluding carboxylic acids is 1. The number of hydrogen-bond donors (Lipinski definition) is 1. The second kappa shape index (κ2) is 5.12. The first-order chi connectivity index (χ1) is 7.41. The Morgan fingerprint density at radius 1 is 1.25 bits per heavy atom. The fourth-order valence-corrected chi connectivity index (χ4v) is 1.20. The molecule has 0 aromatic heterocycles. The van der Waals surface area contributed by atoms with E-state index in [4.69, 9.17) is 5.11 Å². The van der Waals surface area contributed by atoms with Crippen LogP contribution in [0.4, 0.5) is 13.2 Å². The Hall–Kier alpha value is -1.36. The third kappa shape index (κ3) is 3.66. The summed E-state index contributed by atoms with van der Waals surface area (Å²) in [7, 11) is 0. The lowest BCUT2D eigenvalue weighted by atomic mass is 10.0. The third-order valence-corrected chi connectivity index (χ3v) is 2.12. The largest absolute Gasteiger partial charge is 0.414 e. The molecule has 1 rings (SSSR count). The van der Waals surface area contributed by atoms with Gasteiger partial charge in [0.1, 0.15) is 6.10 Å². The molecule has 0 heterocycles. The van der Waals surface area contributed by atoms with Gasteiger partial charge in [0, 0.05) is 12.0 Å². The Morgan fingerprint density at radius 2 is 1.81 bits per heavy atom. The molecular weight excluding hydrogens is 221 g/mol. The summed E-state index contributed by atoms with van der Waals surface area (Å²) in [6, 6.07) is 8.03. The summed E-state index contributed by atoms with van der Waals surface area (Å²) >= 11 is 0. The Kier molecular flexibility index (Phi) is 4.06. The highest BCUT2D eigenvalue weighted by Gasteiger charge is 2.37. The van der Waals surface area contributed by atoms with Crippen LogP contribution in [0.3, 0.4) is 0 Å². The molecule has 1 aromatic rings. The van der Waals surface area contributed by atoms with E-state index in [2.05, 4.69) is 0 Å². The molecule has 1 aromatic carbocycles. The van der Waals surface area contributed by atoms with E-state index in [9.17, 15) is 18.0 Å². The maximum Gasteiger partial charge on any atom is 0.414 e. The van der Waals surface area contributed by atoms with Gasteiger partial charge in [-0.15, -0.1) is 0 Å². The number of hydrogen-bond acceptors (Lipinski definition) is 2. The Labute approximate surface area is 90.7 Å². The van der Waals surface area contributed by atoms with Crippen molar-refractivity contribution in [3.63, 3.8) is 0 Å². The smallest absolute Gasteiger partial charge is 0.384 e. The van der Waals surface area contributed by atoms with Crippen molar-refractivity contribution in [2.75, 3.05) is 0 Å². The molecule has 0 fully saturated rings. The standard InChI is InChI=1S/C11H11F3O2/c12-11(13,14)10(16)7-6-9(15)8-4-2-1-3-5-8/h1-5,10,16H,6-7H2. The predicted molar refractivity (Wildman–Crippen MR) is 52.1 cm³/mol. The van der Waals surface area contributed by atoms with E-state index in [1.54, 1.807) is 18.2 Å².